The number of hydrogen-bond donors (Lipinski definition) is 1. The van der Waals surface area contributed by atoms with Gasteiger partial charge in [-0.2, -0.15) is 0 Å². The van der Waals surface area contributed by atoms with E-state index in [1.807, 2.05) is 49.4 Å². The predicted octanol–water partition coefficient (Wildman–Crippen LogP) is 4.88. The van der Waals surface area contributed by atoms with Crippen molar-refractivity contribution in [1.29, 1.82) is 0 Å². The summed E-state index contributed by atoms with van der Waals surface area (Å²) in [6.45, 7) is 6.08. The van der Waals surface area contributed by atoms with Crippen LogP contribution >= 0.6 is 0 Å². The number of aromatic nitrogens is 1. The summed E-state index contributed by atoms with van der Waals surface area (Å²) in [7, 11) is -3.91. The molecule has 12 heteroatoms. The van der Waals surface area contributed by atoms with E-state index in [1.165, 1.54) is 22.3 Å². The molecule has 2 aliphatic rings. The number of aryl methyl sites for hydroxylation is 2. The van der Waals surface area contributed by atoms with Crippen LogP contribution in [0.1, 0.15) is 28.7 Å². The summed E-state index contributed by atoms with van der Waals surface area (Å²) in [5, 5.41) is 14.0. The molecule has 272 valence electrons. The summed E-state index contributed by atoms with van der Waals surface area (Å²) in [6, 6.07) is 29.2. The number of carbonyl (C=O) groups excluding carboxylic acids is 3. The summed E-state index contributed by atoms with van der Waals surface area (Å²) in [4.78, 5) is 46.0. The van der Waals surface area contributed by atoms with Gasteiger partial charge in [0.15, 0.2) is 0 Å². The number of fused-ring (bicyclic) bond motifs is 2. The first-order valence-electron chi connectivity index (χ1n) is 17.6. The van der Waals surface area contributed by atoms with E-state index in [1.54, 1.807) is 74.4 Å². The number of phenolic OH excluding ortho intramolecular Hbond substituents is 1. The fourth-order valence-electron chi connectivity index (χ4n) is 7.27. The van der Waals surface area contributed by atoms with Gasteiger partial charge >= 0.3 is 0 Å². The fraction of sp³-hybridized carbons (Fsp3) is 0.244. The average molecular weight is 732 g/mol. The van der Waals surface area contributed by atoms with Crippen LogP contribution in [0.4, 0.5) is 0 Å². The lowest BCUT2D eigenvalue weighted by molar-refractivity contribution is -0.205. The minimum atomic E-state index is -3.91. The zero-order valence-corrected chi connectivity index (χ0v) is 30.2. The Morgan fingerprint density at radius 1 is 0.906 bits per heavy atom. The number of phenols is 1. The molecule has 0 unspecified atom stereocenters. The van der Waals surface area contributed by atoms with Crippen molar-refractivity contribution in [2.45, 2.75) is 49.8 Å². The second-order valence-corrected chi connectivity index (χ2v) is 15.4. The molecule has 0 aliphatic carbocycles. The molecule has 7 rings (SSSR count). The Morgan fingerprint density at radius 2 is 1.62 bits per heavy atom. The third-order valence-corrected chi connectivity index (χ3v) is 11.6. The molecule has 2 saturated heterocycles. The minimum absolute atomic E-state index is 0.0437. The van der Waals surface area contributed by atoms with Crippen molar-refractivity contribution in [1.82, 2.24) is 23.8 Å². The molecule has 53 heavy (non-hydrogen) atoms. The SMILES string of the molecule is C=CCN1CC(=O)N2[C@@H](Cc3ccc(O)cc3)C(=O)N(Cc3ccc4ccn(S(=O)(=O)c5ccc(C)cc5)c4c3)C[C@@H]2N1C(=O)CCc1ccccc1. The van der Waals surface area contributed by atoms with Crippen molar-refractivity contribution in [2.24, 2.45) is 0 Å². The Kier molecular flexibility index (Phi) is 9.91. The highest BCUT2D eigenvalue weighted by atomic mass is 32.2. The summed E-state index contributed by atoms with van der Waals surface area (Å²) < 4.78 is 28.7. The second kappa shape index (κ2) is 14.7. The number of hydrogen-bond acceptors (Lipinski definition) is 7. The molecule has 4 aromatic carbocycles. The normalized spacial score (nSPS) is 18.0. The van der Waals surface area contributed by atoms with Crippen LogP contribution < -0.4 is 0 Å². The van der Waals surface area contributed by atoms with Crippen molar-refractivity contribution in [3.8, 4) is 5.75 Å². The van der Waals surface area contributed by atoms with E-state index in [-0.39, 0.29) is 67.4 Å². The van der Waals surface area contributed by atoms with Gasteiger partial charge in [0.25, 0.3) is 10.0 Å². The van der Waals surface area contributed by atoms with Crippen molar-refractivity contribution >= 4 is 38.6 Å². The molecule has 0 spiro atoms. The Morgan fingerprint density at radius 3 is 2.34 bits per heavy atom. The van der Waals surface area contributed by atoms with Crippen LogP contribution in [0.25, 0.3) is 10.9 Å². The molecular formula is C41H41N5O6S. The smallest absolute Gasteiger partial charge is 0.268 e. The molecular weight excluding hydrogens is 691 g/mol. The van der Waals surface area contributed by atoms with E-state index in [9.17, 15) is 27.9 Å². The second-order valence-electron chi connectivity index (χ2n) is 13.6. The number of piperazine rings is 1. The lowest BCUT2D eigenvalue weighted by atomic mass is 9.98. The number of carbonyl (C=O) groups is 3. The molecule has 0 radical (unpaired) electrons. The van der Waals surface area contributed by atoms with Gasteiger partial charge in [0.2, 0.25) is 17.7 Å². The molecule has 0 bridgehead atoms. The highest BCUT2D eigenvalue weighted by molar-refractivity contribution is 7.90. The first-order chi connectivity index (χ1) is 25.5. The monoisotopic (exact) mass is 731 g/mol. The Bertz CT molecular complexity index is 2270. The molecule has 3 heterocycles. The van der Waals surface area contributed by atoms with Crippen LogP contribution in [0.5, 0.6) is 5.75 Å². The van der Waals surface area contributed by atoms with Gasteiger partial charge in [-0.15, -0.1) is 6.58 Å². The van der Waals surface area contributed by atoms with E-state index in [0.29, 0.717) is 17.5 Å². The topological polar surface area (TPSA) is 123 Å². The van der Waals surface area contributed by atoms with Crippen LogP contribution in [0.3, 0.4) is 0 Å². The van der Waals surface area contributed by atoms with Crippen molar-refractivity contribution < 1.29 is 27.9 Å². The molecule has 5 aromatic rings. The van der Waals surface area contributed by atoms with Gasteiger partial charge in [-0.3, -0.25) is 14.4 Å². The average Bonchev–Trinajstić information content (AvgIpc) is 3.58. The molecule has 3 amide bonds. The van der Waals surface area contributed by atoms with Crippen molar-refractivity contribution in [3.05, 3.63) is 144 Å². The lowest BCUT2D eigenvalue weighted by Gasteiger charge is -2.55. The molecule has 2 fully saturated rings. The van der Waals surface area contributed by atoms with Crippen LogP contribution in [-0.2, 0) is 43.8 Å². The van der Waals surface area contributed by atoms with Crippen molar-refractivity contribution in [3.63, 3.8) is 0 Å². The first-order valence-corrected chi connectivity index (χ1v) is 19.0. The van der Waals surface area contributed by atoms with Gasteiger partial charge in [-0.05, 0) is 66.4 Å². The molecule has 1 aromatic heterocycles. The zero-order chi connectivity index (χ0) is 37.3. The maximum absolute atomic E-state index is 14.5. The number of amides is 3. The fourth-order valence-corrected chi connectivity index (χ4v) is 8.62. The quantitative estimate of drug-likeness (QED) is 0.192. The van der Waals surface area contributed by atoms with Gasteiger partial charge < -0.3 is 14.9 Å². The number of hydrazine groups is 1. The van der Waals surface area contributed by atoms with Gasteiger partial charge in [-0.1, -0.05) is 78.4 Å². The van der Waals surface area contributed by atoms with Gasteiger partial charge in [0, 0.05) is 37.5 Å². The first kappa shape index (κ1) is 35.7. The van der Waals surface area contributed by atoms with Crippen LogP contribution in [0.15, 0.2) is 127 Å². The maximum Gasteiger partial charge on any atom is 0.268 e. The Labute approximate surface area is 309 Å². The third-order valence-electron chi connectivity index (χ3n) is 9.93. The highest BCUT2D eigenvalue weighted by Gasteiger charge is 2.51. The number of benzene rings is 4. The van der Waals surface area contributed by atoms with E-state index < -0.39 is 22.2 Å². The standard InChI is InChI=1S/C41H41N5O6S/c1-3-22-43-28-40(49)45-37(24-31-12-16-34(47)17-13-31)41(50)42(27-38(45)46(43)39(48)20-14-30-7-5-4-6-8-30)26-32-11-15-33-21-23-44(36(33)25-32)53(51,52)35-18-9-29(2)10-19-35/h3-13,15-19,21,23,25,37-38,47H,1,14,20,22,24,26-28H2,2H3/t37-,38-/m0/s1. The number of rotatable bonds is 11. The van der Waals surface area contributed by atoms with E-state index in [4.69, 9.17) is 0 Å². The van der Waals surface area contributed by atoms with Crippen LogP contribution in [0.2, 0.25) is 0 Å². The van der Waals surface area contributed by atoms with Crippen LogP contribution in [-0.4, -0.2) is 86.9 Å². The predicted molar refractivity (Wildman–Crippen MR) is 201 cm³/mol. The third kappa shape index (κ3) is 7.20. The van der Waals surface area contributed by atoms with E-state index in [2.05, 4.69) is 6.58 Å². The van der Waals surface area contributed by atoms with E-state index >= 15 is 0 Å². The van der Waals surface area contributed by atoms with Crippen molar-refractivity contribution in [2.75, 3.05) is 19.6 Å². The molecule has 1 N–H and O–H groups in total. The van der Waals surface area contributed by atoms with Gasteiger partial charge in [-0.25, -0.2) is 22.4 Å². The number of aromatic hydroxyl groups is 1. The molecule has 11 nitrogen and oxygen atoms in total. The maximum atomic E-state index is 14.5. The molecule has 2 atom stereocenters. The summed E-state index contributed by atoms with van der Waals surface area (Å²) in [5.41, 5.74) is 3.86. The molecule has 0 saturated carbocycles. The molecule has 2 aliphatic heterocycles. The largest absolute Gasteiger partial charge is 0.508 e. The lowest BCUT2D eigenvalue weighted by Crippen LogP contribution is -2.75. The summed E-state index contributed by atoms with van der Waals surface area (Å²) in [6.07, 6.45) is 3.24. The highest BCUT2D eigenvalue weighted by Crippen LogP contribution is 2.31. The number of nitrogens with zero attached hydrogens (tertiary/aromatic N) is 5. The summed E-state index contributed by atoms with van der Waals surface area (Å²) >= 11 is 0. The minimum Gasteiger partial charge on any atom is -0.508 e. The summed E-state index contributed by atoms with van der Waals surface area (Å²) in [5.74, 6) is -0.672. The van der Waals surface area contributed by atoms with Gasteiger partial charge in [0.05, 0.1) is 23.5 Å². The Hall–Kier alpha value is -5.72. The van der Waals surface area contributed by atoms with Crippen LogP contribution in [0, 0.1) is 6.92 Å². The Balaban J connectivity index is 1.24. The van der Waals surface area contributed by atoms with E-state index in [0.717, 1.165) is 22.1 Å². The zero-order valence-electron chi connectivity index (χ0n) is 29.4. The van der Waals surface area contributed by atoms with Gasteiger partial charge in [0.1, 0.15) is 18.0 Å².